The number of aliphatic imine (C=N–C) groups is 2. The molecule has 0 aromatic heterocycles. The van der Waals surface area contributed by atoms with Crippen LogP contribution in [0.5, 0.6) is 11.5 Å². The van der Waals surface area contributed by atoms with Gasteiger partial charge in [0.2, 0.25) is 0 Å². The van der Waals surface area contributed by atoms with Crippen molar-refractivity contribution in [3.05, 3.63) is 106 Å². The normalized spacial score (nSPS) is 11.5. The molecule has 4 rings (SSSR count). The van der Waals surface area contributed by atoms with Crippen LogP contribution in [0.2, 0.25) is 10.0 Å². The van der Waals surface area contributed by atoms with E-state index in [9.17, 15) is 10.2 Å². The van der Waals surface area contributed by atoms with Crippen molar-refractivity contribution in [2.75, 3.05) is 0 Å². The second kappa shape index (κ2) is 10.7. The van der Waals surface area contributed by atoms with Gasteiger partial charge in [-0.1, -0.05) is 0 Å². The molecule has 0 aliphatic heterocycles. The van der Waals surface area contributed by atoms with E-state index < -0.39 is 0 Å². The van der Waals surface area contributed by atoms with Crippen LogP contribution in [0, 0.1) is 0 Å². The summed E-state index contributed by atoms with van der Waals surface area (Å²) in [5.74, 6) is 0.209. The van der Waals surface area contributed by atoms with Crippen LogP contribution < -0.4 is 8.92 Å². The van der Waals surface area contributed by atoms with Crippen LogP contribution >= 0.6 is 23.2 Å². The average molecular weight is 540 g/mol. The standard InChI is InChI=1S/C26H18Cl2N2O2Se/c27-19-5-1-17(2-6-19)15-29-23-11-9-21(13-25(23)31)33-22-10-12-24(26(32)14-22)30-16-18-3-7-20(28)8-4-18/h1-16,31-32H. The van der Waals surface area contributed by atoms with E-state index in [0.29, 0.717) is 21.4 Å². The van der Waals surface area contributed by atoms with Crippen molar-refractivity contribution in [2.45, 2.75) is 0 Å². The first-order valence-electron chi connectivity index (χ1n) is 9.89. The zero-order valence-electron chi connectivity index (χ0n) is 17.2. The molecule has 0 aliphatic carbocycles. The second-order valence-corrected chi connectivity index (χ2v) is 10.3. The van der Waals surface area contributed by atoms with Gasteiger partial charge in [0.15, 0.2) is 0 Å². The number of rotatable bonds is 6. The molecule has 0 atom stereocenters. The molecule has 164 valence electrons. The van der Waals surface area contributed by atoms with Crippen LogP contribution in [0.4, 0.5) is 11.4 Å². The summed E-state index contributed by atoms with van der Waals surface area (Å²) < 4.78 is 1.92. The van der Waals surface area contributed by atoms with Crippen LogP contribution in [0.25, 0.3) is 0 Å². The molecule has 0 fully saturated rings. The minimum absolute atomic E-state index is 0.105. The molecule has 4 aromatic carbocycles. The summed E-state index contributed by atoms with van der Waals surface area (Å²) in [5, 5.41) is 22.1. The Balaban J connectivity index is 1.44. The number of hydrogen-bond donors (Lipinski definition) is 2. The monoisotopic (exact) mass is 540 g/mol. The van der Waals surface area contributed by atoms with Crippen LogP contribution in [-0.2, 0) is 0 Å². The number of benzene rings is 4. The van der Waals surface area contributed by atoms with E-state index in [0.717, 1.165) is 20.1 Å². The van der Waals surface area contributed by atoms with Gasteiger partial charge in [-0.25, -0.2) is 0 Å². The van der Waals surface area contributed by atoms with Gasteiger partial charge in [-0.2, -0.15) is 0 Å². The van der Waals surface area contributed by atoms with Crippen LogP contribution in [0.3, 0.4) is 0 Å². The number of hydrogen-bond acceptors (Lipinski definition) is 4. The molecule has 0 unspecified atom stereocenters. The molecule has 4 aromatic rings. The van der Waals surface area contributed by atoms with Gasteiger partial charge in [-0.05, 0) is 0 Å². The molecule has 0 bridgehead atoms. The van der Waals surface area contributed by atoms with E-state index in [1.807, 2.05) is 36.4 Å². The zero-order chi connectivity index (χ0) is 23.2. The van der Waals surface area contributed by atoms with E-state index in [1.54, 1.807) is 61.0 Å². The molecule has 0 spiro atoms. The molecular formula is C26H18Cl2N2O2Se. The number of phenolic OH excluding ortho intramolecular Hbond substituents is 2. The number of phenols is 2. The third-order valence-corrected chi connectivity index (χ3v) is 7.13. The molecule has 0 aliphatic rings. The van der Waals surface area contributed by atoms with E-state index in [1.165, 1.54) is 0 Å². The predicted octanol–water partition coefficient (Wildman–Crippen LogP) is 5.56. The SMILES string of the molecule is Oc1cc([Se]c2ccc(N=Cc3ccc(Cl)cc3)c(O)c2)ccc1N=Cc1ccc(Cl)cc1. The van der Waals surface area contributed by atoms with Crippen molar-refractivity contribution >= 4 is 70.9 Å². The third kappa shape index (κ3) is 6.47. The Hall–Kier alpha value is -3.08. The minimum atomic E-state index is -0.105. The summed E-state index contributed by atoms with van der Waals surface area (Å²) in [6.45, 7) is 0. The molecule has 4 nitrogen and oxygen atoms in total. The summed E-state index contributed by atoms with van der Waals surface area (Å²) in [6.07, 6.45) is 3.36. The van der Waals surface area contributed by atoms with Gasteiger partial charge in [0.1, 0.15) is 0 Å². The Morgan fingerprint density at radius 2 is 0.970 bits per heavy atom. The third-order valence-electron chi connectivity index (χ3n) is 4.57. The molecule has 0 radical (unpaired) electrons. The Bertz CT molecular complexity index is 1220. The Kier molecular flexibility index (Phi) is 7.48. The molecule has 2 N–H and O–H groups in total. The van der Waals surface area contributed by atoms with Crippen LogP contribution in [-0.4, -0.2) is 37.6 Å². The average Bonchev–Trinajstić information content (AvgIpc) is 2.80. The predicted molar refractivity (Wildman–Crippen MR) is 139 cm³/mol. The quantitative estimate of drug-likeness (QED) is 0.249. The van der Waals surface area contributed by atoms with Gasteiger partial charge in [0.25, 0.3) is 0 Å². The van der Waals surface area contributed by atoms with Crippen molar-refractivity contribution < 1.29 is 10.2 Å². The zero-order valence-corrected chi connectivity index (χ0v) is 20.4. The van der Waals surface area contributed by atoms with E-state index in [-0.39, 0.29) is 26.5 Å². The van der Waals surface area contributed by atoms with E-state index in [2.05, 4.69) is 9.98 Å². The van der Waals surface area contributed by atoms with Crippen molar-refractivity contribution in [2.24, 2.45) is 9.98 Å². The van der Waals surface area contributed by atoms with Crippen molar-refractivity contribution in [3.63, 3.8) is 0 Å². The van der Waals surface area contributed by atoms with Crippen LogP contribution in [0.1, 0.15) is 11.1 Å². The van der Waals surface area contributed by atoms with Crippen molar-refractivity contribution in [1.29, 1.82) is 0 Å². The Morgan fingerprint density at radius 3 is 1.33 bits per heavy atom. The fourth-order valence-electron chi connectivity index (χ4n) is 2.87. The maximum absolute atomic E-state index is 10.4. The summed E-state index contributed by atoms with van der Waals surface area (Å²) >= 11 is 11.7. The van der Waals surface area contributed by atoms with Crippen molar-refractivity contribution in [3.8, 4) is 11.5 Å². The fraction of sp³-hybridized carbons (Fsp3) is 0. The Morgan fingerprint density at radius 1 is 0.576 bits per heavy atom. The summed E-state index contributed by atoms with van der Waals surface area (Å²) in [4.78, 5) is 8.71. The van der Waals surface area contributed by atoms with Gasteiger partial charge in [-0.3, -0.25) is 0 Å². The van der Waals surface area contributed by atoms with Gasteiger partial charge in [0.05, 0.1) is 0 Å². The van der Waals surface area contributed by atoms with Crippen molar-refractivity contribution in [1.82, 2.24) is 0 Å². The first kappa shape index (κ1) is 23.1. The number of halogens is 2. The number of nitrogens with zero attached hydrogens (tertiary/aromatic N) is 2. The van der Waals surface area contributed by atoms with E-state index >= 15 is 0 Å². The molecule has 7 heteroatoms. The fourth-order valence-corrected chi connectivity index (χ4v) is 4.98. The van der Waals surface area contributed by atoms with Gasteiger partial charge >= 0.3 is 209 Å². The summed E-state index contributed by atoms with van der Waals surface area (Å²) in [6, 6.07) is 25.4. The van der Waals surface area contributed by atoms with Gasteiger partial charge in [0, 0.05) is 0 Å². The second-order valence-electron chi connectivity index (χ2n) is 7.02. The van der Waals surface area contributed by atoms with Crippen LogP contribution in [0.15, 0.2) is 94.9 Å². The number of aromatic hydroxyl groups is 2. The summed E-state index contributed by atoms with van der Waals surface area (Å²) in [5.41, 5.74) is 2.75. The molecule has 33 heavy (non-hydrogen) atoms. The summed E-state index contributed by atoms with van der Waals surface area (Å²) in [7, 11) is 0. The van der Waals surface area contributed by atoms with Gasteiger partial charge < -0.3 is 0 Å². The topological polar surface area (TPSA) is 65.2 Å². The van der Waals surface area contributed by atoms with E-state index in [4.69, 9.17) is 23.2 Å². The van der Waals surface area contributed by atoms with Gasteiger partial charge in [-0.15, -0.1) is 0 Å². The first-order valence-corrected chi connectivity index (χ1v) is 12.4. The molecule has 0 saturated heterocycles. The molecule has 0 amide bonds. The molecule has 0 heterocycles. The Labute approximate surface area is 208 Å². The maximum atomic E-state index is 10.4. The first-order chi connectivity index (χ1) is 16.0. The molecule has 0 saturated carbocycles. The molecular weight excluding hydrogens is 522 g/mol.